The molecule has 0 saturated heterocycles. The number of aliphatic carboxylic acids is 1. The van der Waals surface area contributed by atoms with Gasteiger partial charge in [0.2, 0.25) is 82.7 Å². The van der Waals surface area contributed by atoms with Crippen LogP contribution in [0.1, 0.15) is 210 Å². The number of carbonyl (C=O) groups excluding carboxylic acids is 14. The van der Waals surface area contributed by atoms with Gasteiger partial charge in [0, 0.05) is 43.0 Å². The molecule has 2 aromatic carbocycles. The molecule has 0 aliphatic carbocycles. The van der Waals surface area contributed by atoms with Crippen molar-refractivity contribution in [1.82, 2.24) is 79.4 Å². The van der Waals surface area contributed by atoms with Crippen LogP contribution in [-0.2, 0) is 84.8 Å². The molecule has 41 nitrogen and oxygen atoms in total. The molecular weight excluding hydrogens is 1680 g/mol. The molecule has 0 spiro atoms. The third-order valence-corrected chi connectivity index (χ3v) is 22.0. The van der Waals surface area contributed by atoms with Crippen LogP contribution in [0.3, 0.4) is 0 Å². The highest BCUT2D eigenvalue weighted by Crippen LogP contribution is 2.22. The first-order valence-electron chi connectivity index (χ1n) is 45.6. The van der Waals surface area contributed by atoms with Crippen LogP contribution in [0.25, 0.3) is 10.9 Å². The second-order valence-electron chi connectivity index (χ2n) is 34.9. The van der Waals surface area contributed by atoms with E-state index in [-0.39, 0.29) is 139 Å². The first kappa shape index (κ1) is 113. The molecule has 3 aromatic rings. The number of nitrogens with zero attached hydrogens (tertiary/aromatic N) is 2. The predicted octanol–water partition coefficient (Wildman–Crippen LogP) is -1.20. The van der Waals surface area contributed by atoms with Crippen LogP contribution in [0.2, 0.25) is 0 Å². The molecule has 41 heteroatoms. The second-order valence-corrected chi connectivity index (χ2v) is 34.9. The van der Waals surface area contributed by atoms with Crippen LogP contribution in [0.5, 0.6) is 0 Å². The van der Waals surface area contributed by atoms with Gasteiger partial charge in [-0.05, 0) is 175 Å². The maximum absolute atomic E-state index is 15.0. The molecule has 1 heterocycles. The van der Waals surface area contributed by atoms with Gasteiger partial charge in [-0.25, -0.2) is 4.79 Å². The number of carboxylic acid groups (broad SMARTS) is 1. The summed E-state index contributed by atoms with van der Waals surface area (Å²) >= 11 is 0. The normalized spacial score (nSPS) is 14.8. The lowest BCUT2D eigenvalue weighted by molar-refractivity contribution is -0.142. The molecule has 0 radical (unpaired) electrons. The molecule has 1 aromatic heterocycles. The Morgan fingerprint density at radius 1 is 0.362 bits per heavy atom. The van der Waals surface area contributed by atoms with Crippen LogP contribution < -0.4 is 120 Å². The Balaban J connectivity index is 2.00. The molecule has 14 amide bonds. The topological polar surface area (TPSA) is 693 Å². The number of unbranched alkanes of at least 4 members (excludes halogenated alkanes) is 3. The lowest BCUT2D eigenvalue weighted by Crippen LogP contribution is -2.62. The maximum Gasteiger partial charge on any atom is 0.326 e. The lowest BCUT2D eigenvalue weighted by Gasteiger charge is -2.31. The number of para-hydroxylation sites is 1. The number of nitrogens with two attached hydrogens (primary N) is 8. The minimum absolute atomic E-state index is 0.00171. The van der Waals surface area contributed by atoms with Gasteiger partial charge in [0.15, 0.2) is 11.9 Å². The van der Waals surface area contributed by atoms with E-state index in [9.17, 15) is 72.2 Å². The fourth-order valence-corrected chi connectivity index (χ4v) is 14.4. The van der Waals surface area contributed by atoms with Gasteiger partial charge in [-0.3, -0.25) is 77.1 Å². The second kappa shape index (κ2) is 60.3. The van der Waals surface area contributed by atoms with Crippen LogP contribution in [-0.4, -0.2) is 235 Å². The smallest absolute Gasteiger partial charge is 0.326 e. The first-order chi connectivity index (χ1) is 61.6. The summed E-state index contributed by atoms with van der Waals surface area (Å²) in [6.07, 6.45) is 4.77. The Kier molecular flexibility index (Phi) is 52.2. The quantitative estimate of drug-likeness (QED) is 0.0179. The van der Waals surface area contributed by atoms with Crippen LogP contribution in [0.15, 0.2) is 70.8 Å². The average molecular weight is 1830 g/mol. The van der Waals surface area contributed by atoms with Gasteiger partial charge in [0.1, 0.15) is 78.5 Å². The zero-order chi connectivity index (χ0) is 97.3. The Hall–Kier alpha value is -11.6. The van der Waals surface area contributed by atoms with Gasteiger partial charge in [-0.1, -0.05) is 144 Å². The number of hydrogen-bond donors (Lipinski definition) is 24. The molecular formula is C89H151N25O16. The Morgan fingerprint density at radius 2 is 0.700 bits per heavy atom. The number of carbonyl (C=O) groups is 15. The molecule has 0 saturated carbocycles. The number of rotatable bonds is 64. The van der Waals surface area contributed by atoms with Gasteiger partial charge in [0.25, 0.3) is 0 Å². The van der Waals surface area contributed by atoms with E-state index in [2.05, 4.69) is 89.4 Å². The van der Waals surface area contributed by atoms with Crippen molar-refractivity contribution in [3.05, 3.63) is 71.9 Å². The molecule has 0 bridgehead atoms. The SMILES string of the molecule is CC[C@H](C)[C@H](NC(=O)[C@H](CC(C)C)NC(=O)[C@H](CCCN=C(N)N)NC(=O)[C@H](Cc1c[nH]c2ccccc12)NC(=O)CN)C(=O)N[C@@H](CCCCN)C(=O)N[C@@H](CCCCN)C(=O)N[C@H](C(=O)N[C@@H](CC(C)C)C(=O)N[C@@H](CCCN=C(N)N)C(=O)N[C@H](C(=O)N[C@@H](Cc1ccccc1)C(=O)N[C@@H](CCCCN)C(=O)NCC(=O)N[C@@H](CC(C)C)C(=O)O)C(C)C)[C@@H](C)CC. The van der Waals surface area contributed by atoms with Gasteiger partial charge >= 0.3 is 5.97 Å². The fourth-order valence-electron chi connectivity index (χ4n) is 14.4. The molecule has 32 N–H and O–H groups in total. The Bertz CT molecular complexity index is 4160. The number of aliphatic imine (C=N–C) groups is 2. The lowest BCUT2D eigenvalue weighted by atomic mass is 9.95. The van der Waals surface area contributed by atoms with Gasteiger partial charge in [-0.15, -0.1) is 0 Å². The van der Waals surface area contributed by atoms with E-state index in [0.717, 1.165) is 10.9 Å². The van der Waals surface area contributed by atoms with Crippen molar-refractivity contribution in [3.63, 3.8) is 0 Å². The number of fused-ring (bicyclic) bond motifs is 1. The van der Waals surface area contributed by atoms with Gasteiger partial charge in [-0.2, -0.15) is 0 Å². The fraction of sp³-hybridized carbons (Fsp3) is 0.652. The third-order valence-electron chi connectivity index (χ3n) is 22.0. The third kappa shape index (κ3) is 41.9. The van der Waals surface area contributed by atoms with E-state index in [1.807, 2.05) is 38.1 Å². The van der Waals surface area contributed by atoms with Gasteiger partial charge < -0.3 is 130 Å². The number of amides is 14. The number of benzene rings is 2. The summed E-state index contributed by atoms with van der Waals surface area (Å²) in [6.45, 7) is 20.7. The number of carboxylic acids is 1. The predicted molar refractivity (Wildman–Crippen MR) is 498 cm³/mol. The Labute approximate surface area is 763 Å². The summed E-state index contributed by atoms with van der Waals surface area (Å²) in [5, 5.41) is 48.8. The monoisotopic (exact) mass is 1830 g/mol. The van der Waals surface area contributed by atoms with E-state index < -0.39 is 198 Å². The number of H-pyrrole nitrogens is 1. The van der Waals surface area contributed by atoms with E-state index >= 15 is 4.79 Å². The summed E-state index contributed by atoms with van der Waals surface area (Å²) in [5.74, 6) is -15.3. The summed E-state index contributed by atoms with van der Waals surface area (Å²) in [6, 6.07) is -1.39. The van der Waals surface area contributed by atoms with E-state index in [0.29, 0.717) is 62.5 Å². The minimum atomic E-state index is -1.44. The number of aromatic amines is 1. The number of nitrogens with one attached hydrogen (secondary N) is 15. The number of guanidine groups is 2. The van der Waals surface area contributed by atoms with Crippen molar-refractivity contribution in [2.24, 2.45) is 91.4 Å². The van der Waals surface area contributed by atoms with Crippen molar-refractivity contribution < 1.29 is 77.0 Å². The highest BCUT2D eigenvalue weighted by Gasteiger charge is 2.40. The molecule has 130 heavy (non-hydrogen) atoms. The number of aromatic nitrogens is 1. The van der Waals surface area contributed by atoms with E-state index in [1.54, 1.807) is 106 Å². The van der Waals surface area contributed by atoms with Crippen LogP contribution >= 0.6 is 0 Å². The summed E-state index contributed by atoms with van der Waals surface area (Å²) in [4.78, 5) is 226. The van der Waals surface area contributed by atoms with Crippen molar-refractivity contribution in [1.29, 1.82) is 0 Å². The largest absolute Gasteiger partial charge is 0.480 e. The number of hydrogen-bond acceptors (Lipinski definition) is 21. The van der Waals surface area contributed by atoms with Crippen molar-refractivity contribution >= 4 is 111 Å². The minimum Gasteiger partial charge on any atom is -0.480 e. The van der Waals surface area contributed by atoms with E-state index in [4.69, 9.17) is 45.9 Å². The molecule has 0 aliphatic rings. The Morgan fingerprint density at radius 3 is 1.12 bits per heavy atom. The summed E-state index contributed by atoms with van der Waals surface area (Å²) in [7, 11) is 0. The van der Waals surface area contributed by atoms with Crippen LogP contribution in [0.4, 0.5) is 0 Å². The summed E-state index contributed by atoms with van der Waals surface area (Å²) < 4.78 is 0. The zero-order valence-electron chi connectivity index (χ0n) is 77.9. The molecule has 0 aliphatic heterocycles. The van der Waals surface area contributed by atoms with Crippen molar-refractivity contribution in [2.75, 3.05) is 45.8 Å². The first-order valence-corrected chi connectivity index (χ1v) is 45.6. The van der Waals surface area contributed by atoms with Crippen molar-refractivity contribution in [3.8, 4) is 0 Å². The average Bonchev–Trinajstić information content (AvgIpc) is 1.64. The summed E-state index contributed by atoms with van der Waals surface area (Å²) in [5.41, 5.74) is 48.0. The van der Waals surface area contributed by atoms with Crippen LogP contribution in [0, 0.1) is 35.5 Å². The highest BCUT2D eigenvalue weighted by molar-refractivity contribution is 6.01. The standard InChI is InChI=1S/C89H151N25O16/c1-13-54(11)73(114-83(125)66(43-51(5)6)109-77(119)63(35-26-40-98-88(94)95)106-82(124)68(102-70(115)47-93)46-57-48-100-59-31-19-18-30-58(57)59)85(127)108-61(33-21-24-38-91)76(118)105-62(34-22-25-39-92)79(121)113-74(55(12)14-2)86(128)110-65(42-50(3)4)80(122)107-64(36-27-41-99-89(96)97)78(120)112-72(53(9)10)84(126)111-67(45-56-28-16-15-17-29-56)81(123)104-60(32-20-23-37-90)75(117)101-49-71(116)103-69(87(129)130)44-52(7)8/h15-19,28-31,48,50-55,60-69,72-74,100H,13-14,20-27,32-47,49,90-93H2,1-12H3,(H,101,117)(H,102,115)(H,103,116)(H,104,123)(H,105,118)(H,106,124)(H,107,122)(H,108,127)(H,109,119)(H,110,128)(H,111,126)(H,112,120)(H,113,121)(H,114,125)(H,129,130)(H4,94,95,98)(H4,96,97,99)/t54-,55-,60-,61-,62-,63-,64-,65-,66-,67-,68-,69-,72-,73-,74-/m0/s1. The van der Waals surface area contributed by atoms with E-state index in [1.165, 1.54) is 0 Å². The molecule has 728 valence electrons. The molecule has 0 unspecified atom stereocenters. The zero-order valence-corrected chi connectivity index (χ0v) is 77.9. The highest BCUT2D eigenvalue weighted by atomic mass is 16.4. The molecule has 3 rings (SSSR count). The molecule has 15 atom stereocenters. The van der Waals surface area contributed by atoms with Crippen molar-refractivity contribution in [2.45, 2.75) is 290 Å². The molecule has 0 fully saturated rings. The van der Waals surface area contributed by atoms with Gasteiger partial charge in [0.05, 0.1) is 13.1 Å². The maximum atomic E-state index is 15.0.